The molecule has 2 unspecified atom stereocenters. The van der Waals surface area contributed by atoms with Gasteiger partial charge in [0.15, 0.2) is 5.96 Å². The number of benzene rings is 1. The summed E-state index contributed by atoms with van der Waals surface area (Å²) in [7, 11) is 0.304. The third-order valence-electron chi connectivity index (χ3n) is 5.59. The van der Waals surface area contributed by atoms with Gasteiger partial charge in [-0.25, -0.2) is 12.7 Å². The Balaban J connectivity index is 0.00000450. The summed E-state index contributed by atoms with van der Waals surface area (Å²) in [4.78, 5) is 6.86. The van der Waals surface area contributed by atoms with E-state index >= 15 is 0 Å². The van der Waals surface area contributed by atoms with E-state index in [1.807, 2.05) is 0 Å². The number of piperidine rings is 1. The molecular formula is C21H38IN5O2S. The molecule has 1 heterocycles. The lowest BCUT2D eigenvalue weighted by atomic mass is 9.97. The van der Waals surface area contributed by atoms with Crippen molar-refractivity contribution >= 4 is 40.0 Å². The molecule has 0 radical (unpaired) electrons. The molecule has 0 aromatic heterocycles. The summed E-state index contributed by atoms with van der Waals surface area (Å²) >= 11 is 0. The Morgan fingerprint density at radius 3 is 2.60 bits per heavy atom. The van der Waals surface area contributed by atoms with Crippen molar-refractivity contribution in [2.75, 3.05) is 39.5 Å². The summed E-state index contributed by atoms with van der Waals surface area (Å²) in [5, 5.41) is 6.84. The molecule has 0 aliphatic carbocycles. The molecule has 30 heavy (non-hydrogen) atoms. The van der Waals surface area contributed by atoms with Crippen LogP contribution in [-0.2, 0) is 16.6 Å². The van der Waals surface area contributed by atoms with E-state index < -0.39 is 10.0 Å². The fourth-order valence-electron chi connectivity index (χ4n) is 3.66. The van der Waals surface area contributed by atoms with E-state index in [0.717, 1.165) is 38.3 Å². The van der Waals surface area contributed by atoms with E-state index in [-0.39, 0.29) is 29.7 Å². The van der Waals surface area contributed by atoms with Gasteiger partial charge in [-0.05, 0) is 38.7 Å². The molecule has 1 fully saturated rings. The molecule has 0 saturated carbocycles. The first-order valence-corrected chi connectivity index (χ1v) is 12.2. The number of sulfonamides is 1. The Hall–Kier alpha value is -0.910. The van der Waals surface area contributed by atoms with Gasteiger partial charge < -0.3 is 10.6 Å². The first-order chi connectivity index (χ1) is 13.9. The largest absolute Gasteiger partial charge is 0.356 e. The van der Waals surface area contributed by atoms with Gasteiger partial charge in [0.2, 0.25) is 10.0 Å². The average Bonchev–Trinajstić information content (AvgIpc) is 2.72. The Bertz CT molecular complexity index is 745. The second-order valence-corrected chi connectivity index (χ2v) is 10.1. The highest BCUT2D eigenvalue weighted by atomic mass is 127. The molecule has 0 bridgehead atoms. The second kappa shape index (κ2) is 13.5. The summed E-state index contributed by atoms with van der Waals surface area (Å²) in [6.45, 7) is 7.21. The fourth-order valence-corrected chi connectivity index (χ4v) is 4.51. The maximum absolute atomic E-state index is 11.8. The van der Waals surface area contributed by atoms with Crippen molar-refractivity contribution in [2.24, 2.45) is 4.99 Å². The van der Waals surface area contributed by atoms with Crippen LogP contribution in [0.3, 0.4) is 0 Å². The quantitative estimate of drug-likeness (QED) is 0.214. The molecule has 1 aliphatic heterocycles. The third kappa shape index (κ3) is 8.68. The summed E-state index contributed by atoms with van der Waals surface area (Å²) in [6, 6.07) is 11.5. The molecule has 1 aromatic carbocycles. The van der Waals surface area contributed by atoms with Crippen LogP contribution in [0.5, 0.6) is 0 Å². The molecular weight excluding hydrogens is 513 g/mol. The number of likely N-dealkylation sites (tertiary alicyclic amines) is 1. The molecule has 2 rings (SSSR count). The normalized spacial score (nSPS) is 20.6. The number of hydrogen-bond acceptors (Lipinski definition) is 4. The number of nitrogens with zero attached hydrogens (tertiary/aromatic N) is 3. The van der Waals surface area contributed by atoms with E-state index in [9.17, 15) is 8.42 Å². The summed E-state index contributed by atoms with van der Waals surface area (Å²) in [5.74, 6) is 0.932. The first kappa shape index (κ1) is 27.1. The maximum atomic E-state index is 11.8. The van der Waals surface area contributed by atoms with Crippen LogP contribution >= 0.6 is 24.0 Å². The van der Waals surface area contributed by atoms with Crippen molar-refractivity contribution < 1.29 is 8.42 Å². The molecule has 1 aromatic rings. The van der Waals surface area contributed by atoms with Crippen LogP contribution in [0, 0.1) is 0 Å². The highest BCUT2D eigenvalue weighted by Crippen LogP contribution is 2.19. The van der Waals surface area contributed by atoms with Gasteiger partial charge in [-0.15, -0.1) is 24.0 Å². The lowest BCUT2D eigenvalue weighted by molar-refractivity contribution is 0.134. The van der Waals surface area contributed by atoms with Gasteiger partial charge in [0, 0.05) is 52.4 Å². The smallest absolute Gasteiger partial charge is 0.213 e. The molecule has 1 aliphatic rings. The van der Waals surface area contributed by atoms with Crippen LogP contribution in [0.2, 0.25) is 0 Å². The molecule has 7 nitrogen and oxygen atoms in total. The second-order valence-electron chi connectivity index (χ2n) is 7.75. The summed E-state index contributed by atoms with van der Waals surface area (Å²) in [5.41, 5.74) is 1.36. The van der Waals surface area contributed by atoms with E-state index in [1.165, 1.54) is 9.87 Å². The van der Waals surface area contributed by atoms with Crippen molar-refractivity contribution in [1.29, 1.82) is 0 Å². The van der Waals surface area contributed by atoms with Crippen molar-refractivity contribution in [2.45, 2.75) is 51.7 Å². The van der Waals surface area contributed by atoms with E-state index in [0.29, 0.717) is 25.2 Å². The van der Waals surface area contributed by atoms with Crippen LogP contribution in [-0.4, -0.2) is 75.1 Å². The van der Waals surface area contributed by atoms with Gasteiger partial charge in [-0.1, -0.05) is 30.3 Å². The fraction of sp³-hybridized carbons (Fsp3) is 0.667. The molecule has 1 saturated heterocycles. The van der Waals surface area contributed by atoms with E-state index in [2.05, 4.69) is 57.8 Å². The van der Waals surface area contributed by atoms with Gasteiger partial charge in [0.25, 0.3) is 0 Å². The Morgan fingerprint density at radius 1 is 1.30 bits per heavy atom. The Morgan fingerprint density at radius 2 is 2.00 bits per heavy atom. The number of aliphatic imine (C=N–C) groups is 1. The Kier molecular flexibility index (Phi) is 12.2. The number of rotatable bonds is 9. The topological polar surface area (TPSA) is 77.0 Å². The van der Waals surface area contributed by atoms with Crippen LogP contribution < -0.4 is 10.6 Å². The maximum Gasteiger partial charge on any atom is 0.213 e. The van der Waals surface area contributed by atoms with Gasteiger partial charge >= 0.3 is 0 Å². The van der Waals surface area contributed by atoms with Crippen molar-refractivity contribution in [3.05, 3.63) is 35.9 Å². The van der Waals surface area contributed by atoms with Crippen molar-refractivity contribution in [1.82, 2.24) is 19.8 Å². The molecule has 0 spiro atoms. The van der Waals surface area contributed by atoms with Gasteiger partial charge in [-0.3, -0.25) is 9.89 Å². The predicted octanol–water partition coefficient (Wildman–Crippen LogP) is 2.49. The van der Waals surface area contributed by atoms with Gasteiger partial charge in [0.05, 0.1) is 5.75 Å². The van der Waals surface area contributed by atoms with Crippen LogP contribution in [0.15, 0.2) is 35.3 Å². The minimum atomic E-state index is -3.11. The molecule has 0 amide bonds. The Labute approximate surface area is 199 Å². The van der Waals surface area contributed by atoms with Crippen LogP contribution in [0.1, 0.15) is 38.7 Å². The monoisotopic (exact) mass is 551 g/mol. The SMILES string of the molecule is CCS(=O)(=O)N(C)CCCNC(=NC)NC1CCN(Cc2ccccc2)C(C)C1.I. The molecule has 2 atom stereocenters. The average molecular weight is 552 g/mol. The van der Waals surface area contributed by atoms with E-state index in [1.54, 1.807) is 21.0 Å². The number of guanidine groups is 1. The minimum Gasteiger partial charge on any atom is -0.356 e. The zero-order chi connectivity index (χ0) is 21.3. The highest BCUT2D eigenvalue weighted by Gasteiger charge is 2.26. The highest BCUT2D eigenvalue weighted by molar-refractivity contribution is 14.0. The van der Waals surface area contributed by atoms with Gasteiger partial charge in [-0.2, -0.15) is 0 Å². The minimum absolute atomic E-state index is 0. The lowest BCUT2D eigenvalue weighted by Gasteiger charge is -2.38. The third-order valence-corrected chi connectivity index (χ3v) is 7.45. The van der Waals surface area contributed by atoms with Crippen LogP contribution in [0.25, 0.3) is 0 Å². The molecule has 2 N–H and O–H groups in total. The predicted molar refractivity (Wildman–Crippen MR) is 136 cm³/mol. The zero-order valence-corrected chi connectivity index (χ0v) is 21.8. The molecule has 9 heteroatoms. The first-order valence-electron chi connectivity index (χ1n) is 10.5. The number of halogens is 1. The van der Waals surface area contributed by atoms with E-state index in [4.69, 9.17) is 0 Å². The van der Waals surface area contributed by atoms with Crippen molar-refractivity contribution in [3.63, 3.8) is 0 Å². The van der Waals surface area contributed by atoms with Gasteiger partial charge in [0.1, 0.15) is 0 Å². The standard InChI is InChI=1S/C21H37N5O2S.HI/c1-5-29(27,28)25(4)14-9-13-23-21(22-3)24-20-12-15-26(18(2)16-20)17-19-10-7-6-8-11-19;/h6-8,10-11,18,20H,5,9,12-17H2,1-4H3,(H2,22,23,24);1H. The zero-order valence-electron chi connectivity index (χ0n) is 18.7. The lowest BCUT2D eigenvalue weighted by Crippen LogP contribution is -2.51. The summed E-state index contributed by atoms with van der Waals surface area (Å²) < 4.78 is 25.0. The molecule has 172 valence electrons. The summed E-state index contributed by atoms with van der Waals surface area (Å²) in [6.07, 6.45) is 2.89. The number of hydrogen-bond donors (Lipinski definition) is 2. The van der Waals surface area contributed by atoms with Crippen molar-refractivity contribution in [3.8, 4) is 0 Å². The number of nitrogens with one attached hydrogen (secondary N) is 2. The van der Waals surface area contributed by atoms with Crippen LogP contribution in [0.4, 0.5) is 0 Å².